The van der Waals surface area contributed by atoms with E-state index in [0.29, 0.717) is 11.3 Å². The van der Waals surface area contributed by atoms with Gasteiger partial charge >= 0.3 is 5.97 Å². The van der Waals surface area contributed by atoms with Crippen molar-refractivity contribution in [2.75, 3.05) is 13.7 Å². The van der Waals surface area contributed by atoms with Crippen molar-refractivity contribution in [3.63, 3.8) is 0 Å². The van der Waals surface area contributed by atoms with Gasteiger partial charge < -0.3 is 15.6 Å². The minimum absolute atomic E-state index is 0.211. The number of aliphatic hydroxyl groups is 1. The lowest BCUT2D eigenvalue weighted by atomic mass is 9.99. The molecular formula is C10H14N2O3. The molecule has 0 aliphatic carbocycles. The van der Waals surface area contributed by atoms with Crippen molar-refractivity contribution in [2.24, 2.45) is 5.73 Å². The second-order valence-corrected chi connectivity index (χ2v) is 3.50. The zero-order chi connectivity index (χ0) is 11.5. The fourth-order valence-electron chi connectivity index (χ4n) is 1.05. The summed E-state index contributed by atoms with van der Waals surface area (Å²) >= 11 is 0. The van der Waals surface area contributed by atoms with Crippen LogP contribution in [-0.4, -0.2) is 29.8 Å². The van der Waals surface area contributed by atoms with Crippen LogP contribution in [0.25, 0.3) is 0 Å². The molecule has 5 heteroatoms. The van der Waals surface area contributed by atoms with E-state index in [4.69, 9.17) is 10.8 Å². The highest BCUT2D eigenvalue weighted by molar-refractivity contribution is 5.88. The molecule has 15 heavy (non-hydrogen) atoms. The molecule has 0 aromatic carbocycles. The quantitative estimate of drug-likeness (QED) is 0.688. The summed E-state index contributed by atoms with van der Waals surface area (Å²) in [5, 5.41) is 9.02. The number of carbonyl (C=O) groups is 1. The standard InChI is InChI=1S/C10H14N2O3/c1-10(11,6-13)8-4-3-7(5-12-8)9(14)15-2/h3-5,13H,6,11H2,1-2H3. The summed E-state index contributed by atoms with van der Waals surface area (Å²) in [6.07, 6.45) is 1.38. The average molecular weight is 210 g/mol. The first-order chi connectivity index (χ1) is 7.01. The van der Waals surface area contributed by atoms with Crippen LogP contribution in [0.2, 0.25) is 0 Å². The first kappa shape index (κ1) is 11.6. The third-order valence-electron chi connectivity index (χ3n) is 2.10. The lowest BCUT2D eigenvalue weighted by Crippen LogP contribution is -2.37. The fourth-order valence-corrected chi connectivity index (χ4v) is 1.05. The van der Waals surface area contributed by atoms with Crippen molar-refractivity contribution in [2.45, 2.75) is 12.5 Å². The summed E-state index contributed by atoms with van der Waals surface area (Å²) in [5.74, 6) is -0.447. The van der Waals surface area contributed by atoms with Crippen LogP contribution < -0.4 is 5.73 Å². The first-order valence-electron chi connectivity index (χ1n) is 4.46. The van der Waals surface area contributed by atoms with E-state index in [1.807, 2.05) is 0 Å². The fraction of sp³-hybridized carbons (Fsp3) is 0.400. The Kier molecular flexibility index (Phi) is 3.39. The van der Waals surface area contributed by atoms with Crippen molar-refractivity contribution >= 4 is 5.97 Å². The van der Waals surface area contributed by atoms with E-state index in [9.17, 15) is 4.79 Å². The van der Waals surface area contributed by atoms with E-state index in [-0.39, 0.29) is 6.61 Å². The van der Waals surface area contributed by atoms with Crippen molar-refractivity contribution in [3.8, 4) is 0 Å². The van der Waals surface area contributed by atoms with E-state index in [1.54, 1.807) is 19.1 Å². The highest BCUT2D eigenvalue weighted by atomic mass is 16.5. The predicted molar refractivity (Wildman–Crippen MR) is 54.2 cm³/mol. The third kappa shape index (κ3) is 2.51. The van der Waals surface area contributed by atoms with Crippen molar-refractivity contribution in [1.29, 1.82) is 0 Å². The third-order valence-corrected chi connectivity index (χ3v) is 2.10. The number of carbonyl (C=O) groups excluding carboxylic acids is 1. The van der Waals surface area contributed by atoms with Crippen LogP contribution in [0.5, 0.6) is 0 Å². The summed E-state index contributed by atoms with van der Waals surface area (Å²) in [4.78, 5) is 15.1. The van der Waals surface area contributed by atoms with Crippen LogP contribution in [0.1, 0.15) is 23.0 Å². The second-order valence-electron chi connectivity index (χ2n) is 3.50. The van der Waals surface area contributed by atoms with Crippen molar-refractivity contribution in [1.82, 2.24) is 4.98 Å². The largest absolute Gasteiger partial charge is 0.465 e. The highest BCUT2D eigenvalue weighted by Gasteiger charge is 2.21. The van der Waals surface area contributed by atoms with Gasteiger partial charge in [-0.25, -0.2) is 4.79 Å². The van der Waals surface area contributed by atoms with Gasteiger partial charge in [-0.2, -0.15) is 0 Å². The molecule has 0 spiro atoms. The van der Waals surface area contributed by atoms with E-state index < -0.39 is 11.5 Å². The summed E-state index contributed by atoms with van der Waals surface area (Å²) < 4.78 is 4.53. The van der Waals surface area contributed by atoms with Gasteiger partial charge in [-0.3, -0.25) is 4.98 Å². The Morgan fingerprint density at radius 3 is 2.73 bits per heavy atom. The molecule has 0 saturated heterocycles. The minimum Gasteiger partial charge on any atom is -0.465 e. The van der Waals surface area contributed by atoms with Crippen LogP contribution >= 0.6 is 0 Å². The van der Waals surface area contributed by atoms with Crippen LogP contribution in [0, 0.1) is 0 Å². The van der Waals surface area contributed by atoms with E-state index in [2.05, 4.69) is 9.72 Å². The number of pyridine rings is 1. The lowest BCUT2D eigenvalue weighted by molar-refractivity contribution is 0.0600. The van der Waals surface area contributed by atoms with Gasteiger partial charge in [-0.15, -0.1) is 0 Å². The van der Waals surface area contributed by atoms with Crippen LogP contribution in [0.3, 0.4) is 0 Å². The Hall–Kier alpha value is -1.46. The molecule has 3 N–H and O–H groups in total. The number of nitrogens with zero attached hydrogens (tertiary/aromatic N) is 1. The predicted octanol–water partition coefficient (Wildman–Crippen LogP) is 0.0344. The molecule has 0 saturated carbocycles. The number of rotatable bonds is 3. The summed E-state index contributed by atoms with van der Waals surface area (Å²) in [6.45, 7) is 1.45. The number of ether oxygens (including phenoxy) is 1. The molecule has 0 aliphatic rings. The van der Waals surface area contributed by atoms with Gasteiger partial charge in [-0.05, 0) is 19.1 Å². The zero-order valence-corrected chi connectivity index (χ0v) is 8.73. The van der Waals surface area contributed by atoms with Crippen molar-refractivity contribution < 1.29 is 14.6 Å². The zero-order valence-electron chi connectivity index (χ0n) is 8.73. The number of methoxy groups -OCH3 is 1. The monoisotopic (exact) mass is 210 g/mol. The average Bonchev–Trinajstić information content (AvgIpc) is 2.28. The summed E-state index contributed by atoms with van der Waals surface area (Å²) in [5.41, 5.74) is 5.76. The molecule has 5 nitrogen and oxygen atoms in total. The van der Waals surface area contributed by atoms with Crippen LogP contribution in [-0.2, 0) is 10.3 Å². The van der Waals surface area contributed by atoms with Gasteiger partial charge in [-0.1, -0.05) is 0 Å². The highest BCUT2D eigenvalue weighted by Crippen LogP contribution is 2.14. The molecule has 0 radical (unpaired) electrons. The van der Waals surface area contributed by atoms with Gasteiger partial charge in [0.25, 0.3) is 0 Å². The van der Waals surface area contributed by atoms with E-state index in [0.717, 1.165) is 0 Å². The number of nitrogens with two attached hydrogens (primary N) is 1. The topological polar surface area (TPSA) is 85.4 Å². The van der Waals surface area contributed by atoms with Gasteiger partial charge in [0.05, 0.1) is 30.5 Å². The van der Waals surface area contributed by atoms with Gasteiger partial charge in [0.2, 0.25) is 0 Å². The van der Waals surface area contributed by atoms with E-state index in [1.165, 1.54) is 13.3 Å². The van der Waals surface area contributed by atoms with E-state index >= 15 is 0 Å². The maximum atomic E-state index is 11.1. The maximum Gasteiger partial charge on any atom is 0.339 e. The first-order valence-corrected chi connectivity index (χ1v) is 4.46. The molecule has 0 aliphatic heterocycles. The number of hydrogen-bond donors (Lipinski definition) is 2. The maximum absolute atomic E-state index is 11.1. The summed E-state index contributed by atoms with van der Waals surface area (Å²) in [6, 6.07) is 3.16. The Labute approximate surface area is 87.9 Å². The molecule has 1 aromatic rings. The Balaban J connectivity index is 2.95. The molecule has 0 fully saturated rings. The molecule has 1 heterocycles. The van der Waals surface area contributed by atoms with Gasteiger partial charge in [0, 0.05) is 6.20 Å². The smallest absolute Gasteiger partial charge is 0.339 e. The molecular weight excluding hydrogens is 196 g/mol. The Bertz CT molecular complexity index is 346. The Morgan fingerprint density at radius 2 is 2.33 bits per heavy atom. The molecule has 1 rings (SSSR count). The molecule has 1 aromatic heterocycles. The second kappa shape index (κ2) is 4.37. The normalized spacial score (nSPS) is 14.4. The lowest BCUT2D eigenvalue weighted by Gasteiger charge is -2.20. The number of hydrogen-bond acceptors (Lipinski definition) is 5. The minimum atomic E-state index is -0.894. The van der Waals surface area contributed by atoms with Crippen molar-refractivity contribution in [3.05, 3.63) is 29.6 Å². The molecule has 0 bridgehead atoms. The summed E-state index contributed by atoms with van der Waals surface area (Å²) in [7, 11) is 1.30. The van der Waals surface area contributed by atoms with Gasteiger partial charge in [0.15, 0.2) is 0 Å². The molecule has 0 amide bonds. The van der Waals surface area contributed by atoms with Crippen LogP contribution in [0.15, 0.2) is 18.3 Å². The number of aliphatic hydroxyl groups excluding tert-OH is 1. The Morgan fingerprint density at radius 1 is 1.67 bits per heavy atom. The molecule has 1 unspecified atom stereocenters. The van der Waals surface area contributed by atoms with Crippen LogP contribution in [0.4, 0.5) is 0 Å². The number of aromatic nitrogens is 1. The van der Waals surface area contributed by atoms with Gasteiger partial charge in [0.1, 0.15) is 0 Å². The number of esters is 1. The SMILES string of the molecule is COC(=O)c1ccc(C(C)(N)CO)nc1. The molecule has 1 atom stereocenters. The molecule has 82 valence electrons.